The zero-order valence-corrected chi connectivity index (χ0v) is 13.4. The standard InChI is InChI=1S/C13H20N4O.2ClH/c1-9-6-16-12(7-15-9)13(18)17-5-3-4-11(8-17)10(2)14;;/h6-7,10-11H,3-5,8,14H2,1-2H3;2*1H. The van der Waals surface area contributed by atoms with E-state index in [2.05, 4.69) is 9.97 Å². The molecule has 2 heterocycles. The largest absolute Gasteiger partial charge is 0.337 e. The second-order valence-electron chi connectivity index (χ2n) is 5.06. The van der Waals surface area contributed by atoms with Crippen molar-refractivity contribution in [1.82, 2.24) is 14.9 Å². The summed E-state index contributed by atoms with van der Waals surface area (Å²) in [7, 11) is 0. The summed E-state index contributed by atoms with van der Waals surface area (Å²) >= 11 is 0. The third kappa shape index (κ3) is 4.58. The SMILES string of the molecule is Cc1cnc(C(=O)N2CCCC(C(C)N)C2)cn1.Cl.Cl. The minimum Gasteiger partial charge on any atom is -0.337 e. The molecule has 1 aromatic rings. The van der Waals surface area contributed by atoms with Crippen LogP contribution in [0.5, 0.6) is 0 Å². The van der Waals surface area contributed by atoms with Gasteiger partial charge in [-0.1, -0.05) is 0 Å². The van der Waals surface area contributed by atoms with Gasteiger partial charge in [-0.25, -0.2) is 4.98 Å². The molecule has 5 nitrogen and oxygen atoms in total. The van der Waals surface area contributed by atoms with Crippen LogP contribution < -0.4 is 5.73 Å². The van der Waals surface area contributed by atoms with Gasteiger partial charge in [0.05, 0.1) is 11.9 Å². The second-order valence-corrected chi connectivity index (χ2v) is 5.06. The predicted octanol–water partition coefficient (Wildman–Crippen LogP) is 1.83. The van der Waals surface area contributed by atoms with Gasteiger partial charge in [-0.05, 0) is 32.6 Å². The number of nitrogens with zero attached hydrogens (tertiary/aromatic N) is 3. The number of rotatable bonds is 2. The molecule has 7 heteroatoms. The lowest BCUT2D eigenvalue weighted by molar-refractivity contribution is 0.0654. The maximum atomic E-state index is 12.3. The number of hydrogen-bond donors (Lipinski definition) is 1. The third-order valence-electron chi connectivity index (χ3n) is 3.49. The number of carbonyl (C=O) groups excluding carboxylic acids is 1. The van der Waals surface area contributed by atoms with Crippen molar-refractivity contribution in [1.29, 1.82) is 0 Å². The first-order valence-corrected chi connectivity index (χ1v) is 6.41. The number of amides is 1. The molecular formula is C13H22Cl2N4O. The van der Waals surface area contributed by atoms with Gasteiger partial charge in [0.25, 0.3) is 5.91 Å². The zero-order valence-electron chi connectivity index (χ0n) is 11.8. The lowest BCUT2D eigenvalue weighted by atomic mass is 9.92. The smallest absolute Gasteiger partial charge is 0.274 e. The molecule has 2 unspecified atom stereocenters. The molecule has 1 aromatic heterocycles. The maximum absolute atomic E-state index is 12.3. The van der Waals surface area contributed by atoms with Gasteiger partial charge < -0.3 is 10.6 Å². The molecule has 0 saturated carbocycles. The van der Waals surface area contributed by atoms with Crippen LogP contribution in [0.4, 0.5) is 0 Å². The van der Waals surface area contributed by atoms with Gasteiger partial charge in [0.2, 0.25) is 0 Å². The molecule has 1 aliphatic heterocycles. The Morgan fingerprint density at radius 1 is 1.40 bits per heavy atom. The molecule has 1 fully saturated rings. The van der Waals surface area contributed by atoms with Crippen molar-refractivity contribution >= 4 is 30.7 Å². The van der Waals surface area contributed by atoms with E-state index in [0.29, 0.717) is 11.6 Å². The second kappa shape index (κ2) is 8.39. The van der Waals surface area contributed by atoms with Crippen LogP contribution in [0.1, 0.15) is 35.9 Å². The molecule has 0 aromatic carbocycles. The molecule has 2 N–H and O–H groups in total. The fourth-order valence-corrected chi connectivity index (χ4v) is 2.29. The Hall–Kier alpha value is -0.910. The molecule has 0 radical (unpaired) electrons. The highest BCUT2D eigenvalue weighted by molar-refractivity contribution is 5.92. The van der Waals surface area contributed by atoms with Gasteiger partial charge >= 0.3 is 0 Å². The molecule has 0 spiro atoms. The predicted molar refractivity (Wildman–Crippen MR) is 83.5 cm³/mol. The summed E-state index contributed by atoms with van der Waals surface area (Å²) in [6, 6.07) is 0.129. The van der Waals surface area contributed by atoms with E-state index in [1.807, 2.05) is 18.7 Å². The highest BCUT2D eigenvalue weighted by atomic mass is 35.5. The molecule has 1 saturated heterocycles. The van der Waals surface area contributed by atoms with Crippen LogP contribution in [-0.2, 0) is 0 Å². The van der Waals surface area contributed by atoms with E-state index in [1.165, 1.54) is 0 Å². The Labute approximate surface area is 132 Å². The number of carbonyl (C=O) groups is 1. The lowest BCUT2D eigenvalue weighted by Crippen LogP contribution is -2.45. The highest BCUT2D eigenvalue weighted by Gasteiger charge is 2.27. The maximum Gasteiger partial charge on any atom is 0.274 e. The van der Waals surface area contributed by atoms with Crippen LogP contribution in [0, 0.1) is 12.8 Å². The highest BCUT2D eigenvalue weighted by Crippen LogP contribution is 2.19. The quantitative estimate of drug-likeness (QED) is 0.902. The third-order valence-corrected chi connectivity index (χ3v) is 3.49. The van der Waals surface area contributed by atoms with Crippen LogP contribution >= 0.6 is 24.8 Å². The van der Waals surface area contributed by atoms with E-state index in [9.17, 15) is 4.79 Å². The summed E-state index contributed by atoms with van der Waals surface area (Å²) in [5.74, 6) is 0.356. The molecule has 0 bridgehead atoms. The van der Waals surface area contributed by atoms with Gasteiger partial charge in [0.1, 0.15) is 5.69 Å². The molecule has 1 aliphatic rings. The van der Waals surface area contributed by atoms with Crippen LogP contribution in [0.3, 0.4) is 0 Å². The number of hydrogen-bond acceptors (Lipinski definition) is 4. The van der Waals surface area contributed by atoms with Crippen molar-refractivity contribution in [3.8, 4) is 0 Å². The normalized spacial score (nSPS) is 19.6. The van der Waals surface area contributed by atoms with Crippen molar-refractivity contribution in [3.05, 3.63) is 23.8 Å². The van der Waals surface area contributed by atoms with E-state index in [1.54, 1.807) is 12.4 Å². The molecule has 20 heavy (non-hydrogen) atoms. The Morgan fingerprint density at radius 2 is 2.10 bits per heavy atom. The lowest BCUT2D eigenvalue weighted by Gasteiger charge is -2.34. The fraction of sp³-hybridized carbons (Fsp3) is 0.615. The molecule has 0 aliphatic carbocycles. The summed E-state index contributed by atoms with van der Waals surface area (Å²) in [4.78, 5) is 22.4. The van der Waals surface area contributed by atoms with Crippen molar-refractivity contribution in [2.24, 2.45) is 11.7 Å². The van der Waals surface area contributed by atoms with Gasteiger partial charge in [-0.15, -0.1) is 24.8 Å². The minimum absolute atomic E-state index is 0. The molecule has 2 atom stereocenters. The number of aromatic nitrogens is 2. The first-order chi connectivity index (χ1) is 8.58. The Kier molecular flexibility index (Phi) is 8.01. The van der Waals surface area contributed by atoms with Gasteiger partial charge in [-0.3, -0.25) is 9.78 Å². The first kappa shape index (κ1) is 19.1. The Bertz CT molecular complexity index is 425. The number of halogens is 2. The number of likely N-dealkylation sites (tertiary alicyclic amines) is 1. The summed E-state index contributed by atoms with van der Waals surface area (Å²) < 4.78 is 0. The molecule has 1 amide bonds. The van der Waals surface area contributed by atoms with E-state index >= 15 is 0 Å². The minimum atomic E-state index is -0.0344. The van der Waals surface area contributed by atoms with Crippen molar-refractivity contribution in [2.45, 2.75) is 32.7 Å². The molecular weight excluding hydrogens is 299 g/mol. The Morgan fingerprint density at radius 3 is 2.65 bits per heavy atom. The van der Waals surface area contributed by atoms with Gasteiger partial charge in [-0.2, -0.15) is 0 Å². The van der Waals surface area contributed by atoms with Crippen LogP contribution in [0.2, 0.25) is 0 Å². The van der Waals surface area contributed by atoms with Crippen LogP contribution in [0.15, 0.2) is 12.4 Å². The topological polar surface area (TPSA) is 72.1 Å². The van der Waals surface area contributed by atoms with Crippen molar-refractivity contribution in [3.63, 3.8) is 0 Å². The van der Waals surface area contributed by atoms with E-state index < -0.39 is 0 Å². The van der Waals surface area contributed by atoms with Gasteiger partial charge in [0.15, 0.2) is 0 Å². The zero-order chi connectivity index (χ0) is 13.1. The molecule has 2 rings (SSSR count). The number of aryl methyl sites for hydroxylation is 1. The summed E-state index contributed by atoms with van der Waals surface area (Å²) in [6.45, 7) is 5.38. The number of piperidine rings is 1. The van der Waals surface area contributed by atoms with Crippen molar-refractivity contribution < 1.29 is 4.79 Å². The van der Waals surface area contributed by atoms with Gasteiger partial charge in [0, 0.05) is 25.3 Å². The molecule has 114 valence electrons. The van der Waals surface area contributed by atoms with Crippen LogP contribution in [0.25, 0.3) is 0 Å². The average Bonchev–Trinajstić information content (AvgIpc) is 2.39. The first-order valence-electron chi connectivity index (χ1n) is 6.41. The van der Waals surface area contributed by atoms with Crippen LogP contribution in [-0.4, -0.2) is 39.9 Å². The average molecular weight is 321 g/mol. The fourth-order valence-electron chi connectivity index (χ4n) is 2.29. The van der Waals surface area contributed by atoms with E-state index in [4.69, 9.17) is 5.73 Å². The van der Waals surface area contributed by atoms with E-state index in [-0.39, 0.29) is 36.8 Å². The summed E-state index contributed by atoms with van der Waals surface area (Å²) in [5, 5.41) is 0. The number of nitrogens with two attached hydrogens (primary N) is 1. The van der Waals surface area contributed by atoms with E-state index in [0.717, 1.165) is 31.6 Å². The Balaban J connectivity index is 0.00000180. The summed E-state index contributed by atoms with van der Waals surface area (Å²) in [6.07, 6.45) is 5.28. The van der Waals surface area contributed by atoms with Crippen molar-refractivity contribution in [2.75, 3.05) is 13.1 Å². The monoisotopic (exact) mass is 320 g/mol. The summed E-state index contributed by atoms with van der Waals surface area (Å²) in [5.41, 5.74) is 7.16.